The van der Waals surface area contributed by atoms with E-state index in [0.717, 1.165) is 6.54 Å². The molecule has 0 unspecified atom stereocenters. The van der Waals surface area contributed by atoms with Gasteiger partial charge in [0.25, 0.3) is 0 Å². The van der Waals surface area contributed by atoms with Crippen molar-refractivity contribution in [3.63, 3.8) is 0 Å². The fourth-order valence-corrected chi connectivity index (χ4v) is 1.75. The van der Waals surface area contributed by atoms with Gasteiger partial charge in [-0.15, -0.1) is 0 Å². The molecule has 0 aromatic carbocycles. The molecule has 0 rings (SSSR count). The van der Waals surface area contributed by atoms with E-state index in [9.17, 15) is 0 Å². The molecule has 0 spiro atoms. The van der Waals surface area contributed by atoms with Crippen LogP contribution in [0.1, 0.15) is 52.9 Å². The standard InChI is InChI=1S/C13H30N2/c1-4-7-12-15(6-3)13-10-8-9-11-14-5-2/h14H,4-13H2,1-3H3. The molecule has 0 radical (unpaired) electrons. The van der Waals surface area contributed by atoms with Gasteiger partial charge in [-0.1, -0.05) is 33.6 Å². The van der Waals surface area contributed by atoms with E-state index < -0.39 is 0 Å². The second kappa shape index (κ2) is 12.0. The first kappa shape index (κ1) is 14.9. The molecule has 1 N–H and O–H groups in total. The van der Waals surface area contributed by atoms with Crippen LogP contribution in [0, 0.1) is 0 Å². The molecule has 2 heteroatoms. The molecule has 0 aliphatic rings. The minimum atomic E-state index is 1.11. The Balaban J connectivity index is 3.22. The molecular formula is C13H30N2. The molecule has 0 saturated heterocycles. The SMILES string of the molecule is CCCCN(CC)CCCCCNCC. The van der Waals surface area contributed by atoms with Crippen LogP contribution in [0.15, 0.2) is 0 Å². The zero-order valence-electron chi connectivity index (χ0n) is 11.0. The van der Waals surface area contributed by atoms with Crippen LogP contribution in [0.5, 0.6) is 0 Å². The fourth-order valence-electron chi connectivity index (χ4n) is 1.75. The molecule has 0 heterocycles. The van der Waals surface area contributed by atoms with Crippen molar-refractivity contribution in [2.24, 2.45) is 0 Å². The first-order chi connectivity index (χ1) is 7.35. The van der Waals surface area contributed by atoms with Gasteiger partial charge in [-0.05, 0) is 52.0 Å². The van der Waals surface area contributed by atoms with Gasteiger partial charge < -0.3 is 10.2 Å². The van der Waals surface area contributed by atoms with Crippen molar-refractivity contribution >= 4 is 0 Å². The van der Waals surface area contributed by atoms with Gasteiger partial charge in [0, 0.05) is 0 Å². The summed E-state index contributed by atoms with van der Waals surface area (Å²) in [4.78, 5) is 2.58. The third-order valence-corrected chi connectivity index (χ3v) is 2.85. The van der Waals surface area contributed by atoms with Gasteiger partial charge in [-0.2, -0.15) is 0 Å². The summed E-state index contributed by atoms with van der Waals surface area (Å²) < 4.78 is 0. The molecule has 92 valence electrons. The lowest BCUT2D eigenvalue weighted by molar-refractivity contribution is 0.276. The highest BCUT2D eigenvalue weighted by Crippen LogP contribution is 2.00. The Morgan fingerprint density at radius 1 is 0.867 bits per heavy atom. The molecule has 15 heavy (non-hydrogen) atoms. The van der Waals surface area contributed by atoms with Gasteiger partial charge in [0.2, 0.25) is 0 Å². The van der Waals surface area contributed by atoms with E-state index in [4.69, 9.17) is 0 Å². The highest BCUT2D eigenvalue weighted by atomic mass is 15.1. The molecule has 0 aromatic rings. The highest BCUT2D eigenvalue weighted by molar-refractivity contribution is 4.56. The number of hydrogen-bond donors (Lipinski definition) is 1. The summed E-state index contributed by atoms with van der Waals surface area (Å²) in [5.41, 5.74) is 0. The van der Waals surface area contributed by atoms with E-state index in [1.54, 1.807) is 0 Å². The average Bonchev–Trinajstić information content (AvgIpc) is 2.27. The summed E-state index contributed by atoms with van der Waals surface area (Å²) in [6.45, 7) is 12.8. The zero-order chi connectivity index (χ0) is 11.4. The van der Waals surface area contributed by atoms with Gasteiger partial charge in [0.05, 0.1) is 0 Å². The zero-order valence-corrected chi connectivity index (χ0v) is 11.0. The van der Waals surface area contributed by atoms with Crippen LogP contribution in [-0.4, -0.2) is 37.6 Å². The number of nitrogens with one attached hydrogen (secondary N) is 1. The van der Waals surface area contributed by atoms with Gasteiger partial charge >= 0.3 is 0 Å². The molecule has 0 amide bonds. The third-order valence-electron chi connectivity index (χ3n) is 2.85. The molecule has 0 aliphatic heterocycles. The maximum absolute atomic E-state index is 3.37. The second-order valence-electron chi connectivity index (χ2n) is 4.20. The smallest absolute Gasteiger partial charge is 0.00188 e. The largest absolute Gasteiger partial charge is 0.317 e. The molecule has 0 atom stereocenters. The lowest BCUT2D eigenvalue weighted by Crippen LogP contribution is -2.25. The van der Waals surface area contributed by atoms with Crippen LogP contribution in [0.2, 0.25) is 0 Å². The molecular weight excluding hydrogens is 184 g/mol. The number of hydrogen-bond acceptors (Lipinski definition) is 2. The lowest BCUT2D eigenvalue weighted by atomic mass is 10.2. The Kier molecular flexibility index (Phi) is 11.9. The van der Waals surface area contributed by atoms with Gasteiger partial charge in [-0.3, -0.25) is 0 Å². The summed E-state index contributed by atoms with van der Waals surface area (Å²) >= 11 is 0. The first-order valence-corrected chi connectivity index (χ1v) is 6.78. The van der Waals surface area contributed by atoms with Gasteiger partial charge in [0.15, 0.2) is 0 Å². The monoisotopic (exact) mass is 214 g/mol. The van der Waals surface area contributed by atoms with Crippen molar-refractivity contribution in [2.75, 3.05) is 32.7 Å². The maximum atomic E-state index is 3.37. The van der Waals surface area contributed by atoms with E-state index in [1.165, 1.54) is 58.3 Å². The number of rotatable bonds is 11. The summed E-state index contributed by atoms with van der Waals surface area (Å²) in [6, 6.07) is 0. The van der Waals surface area contributed by atoms with E-state index in [0.29, 0.717) is 0 Å². The Hall–Kier alpha value is -0.0800. The average molecular weight is 214 g/mol. The number of nitrogens with zero attached hydrogens (tertiary/aromatic N) is 1. The lowest BCUT2D eigenvalue weighted by Gasteiger charge is -2.19. The van der Waals surface area contributed by atoms with Crippen molar-refractivity contribution in [3.05, 3.63) is 0 Å². The van der Waals surface area contributed by atoms with Crippen LogP contribution in [-0.2, 0) is 0 Å². The molecule has 0 bridgehead atoms. The van der Waals surface area contributed by atoms with Gasteiger partial charge in [-0.25, -0.2) is 0 Å². The van der Waals surface area contributed by atoms with Crippen LogP contribution < -0.4 is 5.32 Å². The predicted molar refractivity (Wildman–Crippen MR) is 69.4 cm³/mol. The van der Waals surface area contributed by atoms with Crippen molar-refractivity contribution in [3.8, 4) is 0 Å². The third kappa shape index (κ3) is 10.2. The quantitative estimate of drug-likeness (QED) is 0.532. The molecule has 2 nitrogen and oxygen atoms in total. The van der Waals surface area contributed by atoms with Crippen molar-refractivity contribution < 1.29 is 0 Å². The Morgan fingerprint density at radius 2 is 1.60 bits per heavy atom. The second-order valence-corrected chi connectivity index (χ2v) is 4.20. The van der Waals surface area contributed by atoms with Crippen molar-refractivity contribution in [2.45, 2.75) is 52.9 Å². The Morgan fingerprint density at radius 3 is 2.20 bits per heavy atom. The molecule has 0 aliphatic carbocycles. The van der Waals surface area contributed by atoms with Gasteiger partial charge in [0.1, 0.15) is 0 Å². The topological polar surface area (TPSA) is 15.3 Å². The Labute approximate surface area is 96.4 Å². The van der Waals surface area contributed by atoms with Crippen LogP contribution >= 0.6 is 0 Å². The van der Waals surface area contributed by atoms with Crippen LogP contribution in [0.4, 0.5) is 0 Å². The number of unbranched alkanes of at least 4 members (excludes halogenated alkanes) is 3. The summed E-state index contributed by atoms with van der Waals surface area (Å²) in [7, 11) is 0. The van der Waals surface area contributed by atoms with E-state index in [2.05, 4.69) is 31.0 Å². The Bertz CT molecular complexity index is 115. The molecule has 0 aromatic heterocycles. The fraction of sp³-hybridized carbons (Fsp3) is 1.00. The predicted octanol–water partition coefficient (Wildman–Crippen LogP) is 2.89. The van der Waals surface area contributed by atoms with Crippen LogP contribution in [0.3, 0.4) is 0 Å². The van der Waals surface area contributed by atoms with E-state index >= 15 is 0 Å². The van der Waals surface area contributed by atoms with E-state index in [-0.39, 0.29) is 0 Å². The molecule has 0 fully saturated rings. The summed E-state index contributed by atoms with van der Waals surface area (Å²) in [5.74, 6) is 0. The highest BCUT2D eigenvalue weighted by Gasteiger charge is 2.00. The normalized spacial score (nSPS) is 11.2. The summed E-state index contributed by atoms with van der Waals surface area (Å²) in [6.07, 6.45) is 6.74. The van der Waals surface area contributed by atoms with E-state index in [1.807, 2.05) is 0 Å². The summed E-state index contributed by atoms with van der Waals surface area (Å²) in [5, 5.41) is 3.37. The minimum Gasteiger partial charge on any atom is -0.317 e. The molecule has 0 saturated carbocycles. The first-order valence-electron chi connectivity index (χ1n) is 6.78. The maximum Gasteiger partial charge on any atom is -0.00188 e. The minimum absolute atomic E-state index is 1.11. The van der Waals surface area contributed by atoms with Crippen LogP contribution in [0.25, 0.3) is 0 Å². The van der Waals surface area contributed by atoms with Crippen molar-refractivity contribution in [1.82, 2.24) is 10.2 Å². The van der Waals surface area contributed by atoms with Crippen molar-refractivity contribution in [1.29, 1.82) is 0 Å².